The lowest BCUT2D eigenvalue weighted by Gasteiger charge is -2.24. The van der Waals surface area contributed by atoms with Crippen molar-refractivity contribution >= 4 is 56.1 Å². The highest BCUT2D eigenvalue weighted by molar-refractivity contribution is 6.14. The Morgan fingerprint density at radius 3 is 2.20 bits per heavy atom. The molecule has 242 valence electrons. The minimum Gasteiger partial charge on any atom is -0.440 e. The monoisotopic (exact) mass is 656 g/mol. The second-order valence-electron chi connectivity index (χ2n) is 13.0. The van der Waals surface area contributed by atoms with Gasteiger partial charge in [0.25, 0.3) is 0 Å². The molecule has 1 atom stereocenters. The van der Waals surface area contributed by atoms with Gasteiger partial charge in [-0.25, -0.2) is 9.98 Å². The van der Waals surface area contributed by atoms with Crippen molar-refractivity contribution in [3.8, 4) is 22.3 Å². The number of furan rings is 1. The molecule has 2 aliphatic rings. The Morgan fingerprint density at radius 1 is 0.588 bits per heavy atom. The van der Waals surface area contributed by atoms with E-state index in [0.29, 0.717) is 5.84 Å². The van der Waals surface area contributed by atoms with Gasteiger partial charge < -0.3 is 15.1 Å². The molecule has 7 aromatic carbocycles. The SMILES string of the molecule is C1=Cc2c(oc3cccc(-c4ccc(-c5ccc(C6=NC(c7ccccc7)=NC(c7ccc8ccccc8c7)N6)cc5)c5ccccc45)c23)NC1. The van der Waals surface area contributed by atoms with Crippen LogP contribution in [0.1, 0.15) is 28.4 Å². The number of nitrogens with one attached hydrogen (secondary N) is 2. The molecule has 1 aromatic heterocycles. The van der Waals surface area contributed by atoms with E-state index in [9.17, 15) is 0 Å². The number of amidine groups is 2. The lowest BCUT2D eigenvalue weighted by molar-refractivity contribution is 0.628. The summed E-state index contributed by atoms with van der Waals surface area (Å²) in [5, 5.41) is 13.0. The number of nitrogens with zero attached hydrogens (tertiary/aromatic N) is 2. The first-order valence-corrected chi connectivity index (χ1v) is 17.3. The van der Waals surface area contributed by atoms with Crippen LogP contribution < -0.4 is 10.6 Å². The summed E-state index contributed by atoms with van der Waals surface area (Å²) >= 11 is 0. The largest absolute Gasteiger partial charge is 0.440 e. The number of fused-ring (bicyclic) bond motifs is 5. The van der Waals surface area contributed by atoms with Gasteiger partial charge in [0.15, 0.2) is 5.84 Å². The van der Waals surface area contributed by atoms with Crippen molar-refractivity contribution in [1.82, 2.24) is 5.32 Å². The summed E-state index contributed by atoms with van der Waals surface area (Å²) in [4.78, 5) is 10.1. The summed E-state index contributed by atoms with van der Waals surface area (Å²) in [6, 6.07) is 53.4. The zero-order valence-electron chi connectivity index (χ0n) is 27.7. The van der Waals surface area contributed by atoms with Crippen LogP contribution in [0.4, 0.5) is 5.88 Å². The Labute approximate surface area is 295 Å². The lowest BCUT2D eigenvalue weighted by atomic mass is 9.90. The number of hydrogen-bond acceptors (Lipinski definition) is 5. The average molecular weight is 657 g/mol. The third-order valence-corrected chi connectivity index (χ3v) is 9.96. The number of aliphatic imine (C=N–C) groups is 2. The number of hydrogen-bond donors (Lipinski definition) is 2. The number of rotatable bonds is 5. The van der Waals surface area contributed by atoms with Crippen molar-refractivity contribution in [3.63, 3.8) is 0 Å². The molecule has 0 bridgehead atoms. The summed E-state index contributed by atoms with van der Waals surface area (Å²) in [5.41, 5.74) is 9.78. The molecule has 5 nitrogen and oxygen atoms in total. The summed E-state index contributed by atoms with van der Waals surface area (Å²) < 4.78 is 6.21. The van der Waals surface area contributed by atoms with Crippen LogP contribution in [-0.2, 0) is 0 Å². The Bertz CT molecular complexity index is 2720. The van der Waals surface area contributed by atoms with E-state index >= 15 is 0 Å². The molecule has 51 heavy (non-hydrogen) atoms. The smallest absolute Gasteiger partial charge is 0.201 e. The number of anilines is 1. The molecule has 0 radical (unpaired) electrons. The molecule has 0 spiro atoms. The average Bonchev–Trinajstić information content (AvgIpc) is 3.60. The molecule has 10 rings (SSSR count). The maximum Gasteiger partial charge on any atom is 0.201 e. The Hall–Kier alpha value is -6.72. The highest BCUT2D eigenvalue weighted by Gasteiger charge is 2.22. The molecule has 0 saturated carbocycles. The zero-order valence-corrected chi connectivity index (χ0v) is 27.7. The Kier molecular flexibility index (Phi) is 6.88. The normalized spacial score (nSPS) is 15.3. The van der Waals surface area contributed by atoms with Crippen molar-refractivity contribution in [2.45, 2.75) is 6.17 Å². The van der Waals surface area contributed by atoms with Crippen LogP contribution in [-0.4, -0.2) is 18.2 Å². The van der Waals surface area contributed by atoms with Gasteiger partial charge in [-0.3, -0.25) is 0 Å². The van der Waals surface area contributed by atoms with Crippen LogP contribution >= 0.6 is 0 Å². The van der Waals surface area contributed by atoms with Gasteiger partial charge in [0, 0.05) is 28.6 Å². The second-order valence-corrected chi connectivity index (χ2v) is 13.0. The van der Waals surface area contributed by atoms with Gasteiger partial charge in [-0.05, 0) is 61.5 Å². The predicted molar refractivity (Wildman–Crippen MR) is 211 cm³/mol. The van der Waals surface area contributed by atoms with Gasteiger partial charge in [0.05, 0.1) is 0 Å². The molecule has 5 heteroatoms. The van der Waals surface area contributed by atoms with E-state index in [1.165, 1.54) is 38.2 Å². The van der Waals surface area contributed by atoms with Crippen LogP contribution in [0.2, 0.25) is 0 Å². The quantitative estimate of drug-likeness (QED) is 0.194. The summed E-state index contributed by atoms with van der Waals surface area (Å²) in [7, 11) is 0. The summed E-state index contributed by atoms with van der Waals surface area (Å²) in [6.07, 6.45) is 4.04. The molecule has 3 heterocycles. The van der Waals surface area contributed by atoms with Gasteiger partial charge in [0.2, 0.25) is 5.88 Å². The molecule has 8 aromatic rings. The maximum atomic E-state index is 6.21. The molecular formula is C46H32N4O. The van der Waals surface area contributed by atoms with E-state index in [1.54, 1.807) is 0 Å². The van der Waals surface area contributed by atoms with Crippen LogP contribution in [0.3, 0.4) is 0 Å². The third-order valence-electron chi connectivity index (χ3n) is 9.96. The molecule has 0 aliphatic carbocycles. The lowest BCUT2D eigenvalue weighted by Crippen LogP contribution is -2.33. The minimum atomic E-state index is -0.273. The fourth-order valence-corrected chi connectivity index (χ4v) is 7.47. The Morgan fingerprint density at radius 2 is 1.33 bits per heavy atom. The molecular weight excluding hydrogens is 625 g/mol. The van der Waals surface area contributed by atoms with Crippen molar-refractivity contribution in [2.75, 3.05) is 11.9 Å². The standard InChI is InChI=1S/C46H32N4O/c1-2-11-31(12-3-1)43-48-44(50-45(49-43)34-24-19-29-10-4-5-13-33(29)28-34)32-22-20-30(21-23-32)35-25-26-38(37-15-7-6-14-36(35)37)39-16-8-18-41-42(39)40-17-9-27-47-46(40)51-41/h1-26,28,45,47H,27H2,(H,48,49,50). The van der Waals surface area contributed by atoms with Crippen LogP contribution in [0.15, 0.2) is 172 Å². The van der Waals surface area contributed by atoms with E-state index in [1.807, 2.05) is 18.2 Å². The van der Waals surface area contributed by atoms with Gasteiger partial charge in [-0.1, -0.05) is 152 Å². The van der Waals surface area contributed by atoms with Crippen LogP contribution in [0.25, 0.3) is 60.8 Å². The Balaban J connectivity index is 1.03. The minimum absolute atomic E-state index is 0.273. The molecule has 2 N–H and O–H groups in total. The topological polar surface area (TPSA) is 61.9 Å². The van der Waals surface area contributed by atoms with Crippen LogP contribution in [0.5, 0.6) is 0 Å². The third kappa shape index (κ3) is 5.10. The fraction of sp³-hybridized carbons (Fsp3) is 0.0435. The second kappa shape index (κ2) is 12.0. The van der Waals surface area contributed by atoms with E-state index in [0.717, 1.165) is 57.1 Å². The van der Waals surface area contributed by atoms with Crippen molar-refractivity contribution in [3.05, 3.63) is 180 Å². The maximum absolute atomic E-state index is 6.21. The highest BCUT2D eigenvalue weighted by atomic mass is 16.3. The van der Waals surface area contributed by atoms with Crippen molar-refractivity contribution in [1.29, 1.82) is 0 Å². The molecule has 2 aliphatic heterocycles. The van der Waals surface area contributed by atoms with Gasteiger partial charge in [-0.2, -0.15) is 0 Å². The van der Waals surface area contributed by atoms with Gasteiger partial charge >= 0.3 is 0 Å². The first kappa shape index (κ1) is 29.2. The van der Waals surface area contributed by atoms with Crippen molar-refractivity contribution in [2.24, 2.45) is 9.98 Å². The van der Waals surface area contributed by atoms with Gasteiger partial charge in [-0.15, -0.1) is 0 Å². The van der Waals surface area contributed by atoms with E-state index in [4.69, 9.17) is 14.4 Å². The summed E-state index contributed by atoms with van der Waals surface area (Å²) in [5.74, 6) is 2.35. The van der Waals surface area contributed by atoms with E-state index in [2.05, 4.69) is 156 Å². The molecule has 0 amide bonds. The molecule has 0 fully saturated rings. The van der Waals surface area contributed by atoms with Crippen molar-refractivity contribution < 1.29 is 4.42 Å². The predicted octanol–water partition coefficient (Wildman–Crippen LogP) is 11.0. The molecule has 1 unspecified atom stereocenters. The first-order valence-electron chi connectivity index (χ1n) is 17.3. The fourth-order valence-electron chi connectivity index (χ4n) is 7.47. The molecule has 0 saturated heterocycles. The zero-order chi connectivity index (χ0) is 33.7. The highest BCUT2D eigenvalue weighted by Crippen LogP contribution is 2.43. The summed E-state index contributed by atoms with van der Waals surface area (Å²) in [6.45, 7) is 0.773. The van der Waals surface area contributed by atoms with Gasteiger partial charge in [0.1, 0.15) is 17.6 Å². The first-order chi connectivity index (χ1) is 25.3. The van der Waals surface area contributed by atoms with Crippen LogP contribution in [0, 0.1) is 0 Å². The van der Waals surface area contributed by atoms with E-state index < -0.39 is 0 Å². The number of benzene rings is 7. The van der Waals surface area contributed by atoms with E-state index in [-0.39, 0.29) is 6.17 Å².